The van der Waals surface area contributed by atoms with Crippen LogP contribution in [0.15, 0.2) is 66.9 Å². The molecule has 0 aliphatic carbocycles. The van der Waals surface area contributed by atoms with Gasteiger partial charge in [-0.1, -0.05) is 48.5 Å². The largest absolute Gasteiger partial charge is 0.464 e. The van der Waals surface area contributed by atoms with Gasteiger partial charge in [0.25, 0.3) is 0 Å². The van der Waals surface area contributed by atoms with Crippen molar-refractivity contribution < 1.29 is 9.53 Å². The lowest BCUT2D eigenvalue weighted by molar-refractivity contribution is -0.144. The summed E-state index contributed by atoms with van der Waals surface area (Å²) in [7, 11) is 0. The molecule has 4 rings (SSSR count). The number of aryl methyl sites for hydroxylation is 1. The molecule has 0 spiro atoms. The third kappa shape index (κ3) is 4.03. The zero-order valence-electron chi connectivity index (χ0n) is 14.7. The number of aromatic nitrogens is 5. The smallest absolute Gasteiger partial charge is 0.325 e. The first-order valence-corrected chi connectivity index (χ1v) is 8.82. The Hall–Kier alpha value is -3.48. The quantitative estimate of drug-likeness (QED) is 0.374. The molecule has 0 unspecified atom stereocenters. The molecule has 136 valence electrons. The fraction of sp³-hybridized carbons (Fsp3) is 0.200. The molecule has 2 aromatic heterocycles. The third-order valence-corrected chi connectivity index (χ3v) is 4.23. The van der Waals surface area contributed by atoms with Gasteiger partial charge in [0.05, 0.1) is 13.2 Å². The van der Waals surface area contributed by atoms with Crippen LogP contribution in [0.25, 0.3) is 22.3 Å². The Balaban J connectivity index is 1.24. The highest BCUT2D eigenvalue weighted by Gasteiger charge is 2.08. The lowest BCUT2D eigenvalue weighted by Gasteiger charge is -2.06. The van der Waals surface area contributed by atoms with E-state index in [0.717, 1.165) is 16.5 Å². The Bertz CT molecular complexity index is 1040. The van der Waals surface area contributed by atoms with E-state index in [1.165, 1.54) is 4.80 Å². The second-order valence-corrected chi connectivity index (χ2v) is 6.15. The van der Waals surface area contributed by atoms with E-state index >= 15 is 0 Å². The standard InChI is InChI=1S/C20H19N5O2/c26-19(15-24-13-11-16-7-4-5-10-18(16)24)27-14-6-12-25-22-20(21-23-25)17-8-2-1-3-9-17/h1-5,7-11,13H,6,12,14-15H2. The van der Waals surface area contributed by atoms with Gasteiger partial charge in [-0.2, -0.15) is 4.80 Å². The highest BCUT2D eigenvalue weighted by atomic mass is 16.5. The molecule has 0 aliphatic rings. The summed E-state index contributed by atoms with van der Waals surface area (Å²) in [6.07, 6.45) is 2.53. The van der Waals surface area contributed by atoms with Gasteiger partial charge in [-0.3, -0.25) is 4.79 Å². The number of hydrogen-bond acceptors (Lipinski definition) is 5. The van der Waals surface area contributed by atoms with Crippen LogP contribution in [0.1, 0.15) is 6.42 Å². The molecule has 0 radical (unpaired) electrons. The van der Waals surface area contributed by atoms with E-state index in [9.17, 15) is 4.79 Å². The average molecular weight is 361 g/mol. The molecule has 2 aromatic carbocycles. The van der Waals surface area contributed by atoms with E-state index in [2.05, 4.69) is 15.4 Å². The molecule has 0 aliphatic heterocycles. The molecule has 0 bridgehead atoms. The van der Waals surface area contributed by atoms with Crippen LogP contribution < -0.4 is 0 Å². The van der Waals surface area contributed by atoms with Crippen LogP contribution in [-0.2, 0) is 22.6 Å². The number of tetrazole rings is 1. The molecular formula is C20H19N5O2. The zero-order chi connectivity index (χ0) is 18.5. The van der Waals surface area contributed by atoms with Crippen molar-refractivity contribution in [2.24, 2.45) is 0 Å². The maximum atomic E-state index is 12.1. The summed E-state index contributed by atoms with van der Waals surface area (Å²) in [5, 5.41) is 13.5. The van der Waals surface area contributed by atoms with Gasteiger partial charge in [0.15, 0.2) is 0 Å². The first kappa shape index (κ1) is 17.0. The number of para-hydroxylation sites is 1. The van der Waals surface area contributed by atoms with Gasteiger partial charge >= 0.3 is 5.97 Å². The van der Waals surface area contributed by atoms with E-state index in [1.807, 2.05) is 71.4 Å². The van der Waals surface area contributed by atoms with Gasteiger partial charge in [-0.25, -0.2) is 0 Å². The molecule has 0 saturated carbocycles. The third-order valence-electron chi connectivity index (χ3n) is 4.23. The lowest BCUT2D eigenvalue weighted by atomic mass is 10.2. The summed E-state index contributed by atoms with van der Waals surface area (Å²) in [4.78, 5) is 13.6. The topological polar surface area (TPSA) is 74.8 Å². The van der Waals surface area contributed by atoms with Crippen LogP contribution in [0.2, 0.25) is 0 Å². The first-order chi connectivity index (χ1) is 13.3. The molecule has 0 amide bonds. The summed E-state index contributed by atoms with van der Waals surface area (Å²) in [6, 6.07) is 19.6. The molecule has 0 fully saturated rings. The van der Waals surface area contributed by atoms with Crippen LogP contribution in [0.3, 0.4) is 0 Å². The zero-order valence-corrected chi connectivity index (χ0v) is 14.7. The van der Waals surface area contributed by atoms with Gasteiger partial charge < -0.3 is 9.30 Å². The second-order valence-electron chi connectivity index (χ2n) is 6.15. The Morgan fingerprint density at radius 3 is 2.70 bits per heavy atom. The number of ether oxygens (including phenoxy) is 1. The van der Waals surface area contributed by atoms with Crippen molar-refractivity contribution in [2.75, 3.05) is 6.61 Å². The van der Waals surface area contributed by atoms with Crippen molar-refractivity contribution in [2.45, 2.75) is 19.5 Å². The SMILES string of the molecule is O=C(Cn1ccc2ccccc21)OCCCn1nnc(-c2ccccc2)n1. The molecule has 7 heteroatoms. The van der Waals surface area contributed by atoms with Crippen LogP contribution in [0, 0.1) is 0 Å². The van der Waals surface area contributed by atoms with E-state index in [-0.39, 0.29) is 12.5 Å². The number of rotatable bonds is 7. The number of carbonyl (C=O) groups is 1. The number of benzene rings is 2. The van der Waals surface area contributed by atoms with Crippen molar-refractivity contribution in [1.29, 1.82) is 0 Å². The predicted octanol–water partition coefficient (Wildman–Crippen LogP) is 2.93. The van der Waals surface area contributed by atoms with Crippen LogP contribution in [0.4, 0.5) is 0 Å². The highest BCUT2D eigenvalue weighted by Crippen LogP contribution is 2.15. The van der Waals surface area contributed by atoms with E-state index in [1.54, 1.807) is 0 Å². The summed E-state index contributed by atoms with van der Waals surface area (Å²) >= 11 is 0. The van der Waals surface area contributed by atoms with Crippen molar-refractivity contribution in [3.05, 3.63) is 66.9 Å². The number of fused-ring (bicyclic) bond motifs is 1. The fourth-order valence-corrected chi connectivity index (χ4v) is 2.90. The van der Waals surface area contributed by atoms with Gasteiger partial charge in [0.2, 0.25) is 5.82 Å². The van der Waals surface area contributed by atoms with Crippen molar-refractivity contribution in [3.8, 4) is 11.4 Å². The molecule has 0 atom stereocenters. The Kier molecular flexibility index (Phi) is 4.91. The summed E-state index contributed by atoms with van der Waals surface area (Å²) in [6.45, 7) is 1.06. The molecule has 7 nitrogen and oxygen atoms in total. The monoisotopic (exact) mass is 361 g/mol. The van der Waals surface area contributed by atoms with Crippen molar-refractivity contribution >= 4 is 16.9 Å². The average Bonchev–Trinajstić information content (AvgIpc) is 3.34. The van der Waals surface area contributed by atoms with Crippen molar-refractivity contribution in [1.82, 2.24) is 24.8 Å². The van der Waals surface area contributed by atoms with E-state index in [4.69, 9.17) is 4.74 Å². The number of esters is 1. The van der Waals surface area contributed by atoms with Gasteiger partial charge in [-0.15, -0.1) is 10.2 Å². The minimum absolute atomic E-state index is 0.202. The van der Waals surface area contributed by atoms with Gasteiger partial charge in [0, 0.05) is 23.7 Å². The molecule has 2 heterocycles. The number of nitrogens with zero attached hydrogens (tertiary/aromatic N) is 5. The molecular weight excluding hydrogens is 342 g/mol. The lowest BCUT2D eigenvalue weighted by Crippen LogP contribution is -2.15. The van der Waals surface area contributed by atoms with Crippen LogP contribution in [-0.4, -0.2) is 37.4 Å². The fourth-order valence-electron chi connectivity index (χ4n) is 2.90. The Morgan fingerprint density at radius 2 is 1.81 bits per heavy atom. The maximum Gasteiger partial charge on any atom is 0.325 e. The van der Waals surface area contributed by atoms with Crippen molar-refractivity contribution in [3.63, 3.8) is 0 Å². The Morgan fingerprint density at radius 1 is 1.00 bits per heavy atom. The van der Waals surface area contributed by atoms with Crippen LogP contribution in [0.5, 0.6) is 0 Å². The van der Waals surface area contributed by atoms with Crippen LogP contribution >= 0.6 is 0 Å². The predicted molar refractivity (Wildman–Crippen MR) is 101 cm³/mol. The summed E-state index contributed by atoms with van der Waals surface area (Å²) < 4.78 is 7.22. The molecule has 4 aromatic rings. The van der Waals surface area contributed by atoms with Gasteiger partial charge in [-0.05, 0) is 22.7 Å². The first-order valence-electron chi connectivity index (χ1n) is 8.82. The van der Waals surface area contributed by atoms with E-state index < -0.39 is 0 Å². The Labute approximate surface area is 156 Å². The highest BCUT2D eigenvalue weighted by molar-refractivity contribution is 5.81. The van der Waals surface area contributed by atoms with E-state index in [0.29, 0.717) is 25.4 Å². The summed E-state index contributed by atoms with van der Waals surface area (Å²) in [5.74, 6) is 0.333. The normalized spacial score (nSPS) is 11.0. The molecule has 27 heavy (non-hydrogen) atoms. The number of hydrogen-bond donors (Lipinski definition) is 0. The second kappa shape index (κ2) is 7.82. The molecule has 0 N–H and O–H groups in total. The summed E-state index contributed by atoms with van der Waals surface area (Å²) in [5.41, 5.74) is 1.95. The molecule has 0 saturated heterocycles. The minimum atomic E-state index is -0.257. The minimum Gasteiger partial charge on any atom is -0.464 e. The van der Waals surface area contributed by atoms with Gasteiger partial charge in [0.1, 0.15) is 6.54 Å². The maximum absolute atomic E-state index is 12.1. The number of carbonyl (C=O) groups excluding carboxylic acids is 1.